The molecule has 0 amide bonds. The zero-order chi connectivity index (χ0) is 13.4. The van der Waals surface area contributed by atoms with Crippen molar-refractivity contribution in [3.05, 3.63) is 17.6 Å². The van der Waals surface area contributed by atoms with E-state index in [-0.39, 0.29) is 0 Å². The fourth-order valence-corrected chi connectivity index (χ4v) is 2.08. The molecule has 0 atom stereocenters. The molecule has 1 N–H and O–H groups in total. The molecular weight excluding hydrogens is 222 g/mol. The van der Waals surface area contributed by atoms with E-state index in [0.717, 1.165) is 50.3 Å². The Hall–Kier alpha value is -1.12. The van der Waals surface area contributed by atoms with Crippen LogP contribution >= 0.6 is 0 Å². The minimum absolute atomic E-state index is 0.490. The molecule has 1 rings (SSSR count). The van der Waals surface area contributed by atoms with Crippen molar-refractivity contribution in [3.63, 3.8) is 0 Å². The zero-order valence-corrected chi connectivity index (χ0v) is 12.3. The highest BCUT2D eigenvalue weighted by atomic mass is 15.0. The van der Waals surface area contributed by atoms with Crippen molar-refractivity contribution in [1.82, 2.24) is 9.97 Å². The number of rotatable bonds is 8. The second kappa shape index (κ2) is 8.06. The van der Waals surface area contributed by atoms with Crippen LogP contribution in [0.3, 0.4) is 0 Å². The predicted molar refractivity (Wildman–Crippen MR) is 78.1 cm³/mol. The van der Waals surface area contributed by atoms with Gasteiger partial charge in [0.1, 0.15) is 11.6 Å². The van der Waals surface area contributed by atoms with Gasteiger partial charge in [0.2, 0.25) is 0 Å². The lowest BCUT2D eigenvalue weighted by Gasteiger charge is -2.14. The first-order valence-electron chi connectivity index (χ1n) is 7.36. The normalized spacial score (nSPS) is 10.9. The average Bonchev–Trinajstić information content (AvgIpc) is 2.38. The first kappa shape index (κ1) is 14.9. The molecule has 102 valence electrons. The van der Waals surface area contributed by atoms with Gasteiger partial charge < -0.3 is 5.32 Å². The van der Waals surface area contributed by atoms with Crippen molar-refractivity contribution in [3.8, 4) is 0 Å². The second-order valence-electron chi connectivity index (χ2n) is 4.79. The van der Waals surface area contributed by atoms with Crippen LogP contribution in [0.2, 0.25) is 0 Å². The van der Waals surface area contributed by atoms with Gasteiger partial charge in [0.05, 0.1) is 0 Å². The third-order valence-corrected chi connectivity index (χ3v) is 3.21. The van der Waals surface area contributed by atoms with Gasteiger partial charge in [-0.3, -0.25) is 0 Å². The van der Waals surface area contributed by atoms with E-state index in [4.69, 9.17) is 4.98 Å². The molecule has 18 heavy (non-hydrogen) atoms. The summed E-state index contributed by atoms with van der Waals surface area (Å²) in [6.07, 6.45) is 5.51. The second-order valence-corrected chi connectivity index (χ2v) is 4.79. The third kappa shape index (κ3) is 4.28. The maximum absolute atomic E-state index is 4.72. The molecule has 1 heterocycles. The zero-order valence-electron chi connectivity index (χ0n) is 12.3. The quantitative estimate of drug-likeness (QED) is 0.752. The van der Waals surface area contributed by atoms with Crippen LogP contribution in [0, 0.1) is 0 Å². The molecule has 0 unspecified atom stereocenters. The summed E-state index contributed by atoms with van der Waals surface area (Å²) in [4.78, 5) is 9.40. The first-order chi connectivity index (χ1) is 8.74. The lowest BCUT2D eigenvalue weighted by Crippen LogP contribution is -2.10. The number of nitrogens with zero attached hydrogens (tertiary/aromatic N) is 2. The summed E-state index contributed by atoms with van der Waals surface area (Å²) in [5.74, 6) is 2.51. The van der Waals surface area contributed by atoms with Crippen LogP contribution in [0.15, 0.2) is 6.07 Å². The standard InChI is InChI=1S/C15H27N3/c1-5-9-13-11-14(16-10-6-2)18-15(17-13)12(7-3)8-4/h11-12H,5-10H2,1-4H3,(H,16,17,18). The van der Waals surface area contributed by atoms with Gasteiger partial charge in [-0.15, -0.1) is 0 Å². The number of nitrogens with one attached hydrogen (secondary N) is 1. The molecule has 0 aliphatic rings. The topological polar surface area (TPSA) is 37.8 Å². The smallest absolute Gasteiger partial charge is 0.134 e. The van der Waals surface area contributed by atoms with E-state index >= 15 is 0 Å². The fraction of sp³-hybridized carbons (Fsp3) is 0.733. The monoisotopic (exact) mass is 249 g/mol. The summed E-state index contributed by atoms with van der Waals surface area (Å²) in [6.45, 7) is 9.76. The fourth-order valence-electron chi connectivity index (χ4n) is 2.08. The van der Waals surface area contributed by atoms with Crippen LogP contribution < -0.4 is 5.32 Å². The van der Waals surface area contributed by atoms with Crippen molar-refractivity contribution in [2.75, 3.05) is 11.9 Å². The number of aromatic nitrogens is 2. The SMILES string of the molecule is CCCNc1cc(CCC)nc(C(CC)CC)n1. The molecule has 3 heteroatoms. The van der Waals surface area contributed by atoms with Crippen LogP contribution in [0.1, 0.15) is 70.8 Å². The van der Waals surface area contributed by atoms with Crippen LogP contribution in [0.25, 0.3) is 0 Å². The lowest BCUT2D eigenvalue weighted by molar-refractivity contribution is 0.597. The Morgan fingerprint density at radius 1 is 1.06 bits per heavy atom. The summed E-state index contributed by atoms with van der Waals surface area (Å²) < 4.78 is 0. The lowest BCUT2D eigenvalue weighted by atomic mass is 10.0. The Morgan fingerprint density at radius 2 is 1.78 bits per heavy atom. The van der Waals surface area contributed by atoms with Crippen LogP contribution in [0.4, 0.5) is 5.82 Å². The summed E-state index contributed by atoms with van der Waals surface area (Å²) in [6, 6.07) is 2.10. The Kier molecular flexibility index (Phi) is 6.69. The molecule has 0 saturated carbocycles. The maximum Gasteiger partial charge on any atom is 0.134 e. The first-order valence-corrected chi connectivity index (χ1v) is 7.36. The van der Waals surface area contributed by atoms with Crippen LogP contribution in [0.5, 0.6) is 0 Å². The number of anilines is 1. The van der Waals surface area contributed by atoms with Gasteiger partial charge in [-0.25, -0.2) is 9.97 Å². The van der Waals surface area contributed by atoms with Gasteiger partial charge in [0, 0.05) is 24.2 Å². The van der Waals surface area contributed by atoms with Gasteiger partial charge >= 0.3 is 0 Å². The van der Waals surface area contributed by atoms with Crippen molar-refractivity contribution in [1.29, 1.82) is 0 Å². The van der Waals surface area contributed by atoms with E-state index < -0.39 is 0 Å². The number of hydrogen-bond donors (Lipinski definition) is 1. The molecule has 0 aromatic carbocycles. The van der Waals surface area contributed by atoms with Crippen LogP contribution in [-0.4, -0.2) is 16.5 Å². The number of aryl methyl sites for hydroxylation is 1. The molecule has 1 aromatic heterocycles. The van der Waals surface area contributed by atoms with E-state index in [1.165, 1.54) is 5.69 Å². The Morgan fingerprint density at radius 3 is 2.33 bits per heavy atom. The molecule has 1 aromatic rings. The molecule has 3 nitrogen and oxygen atoms in total. The highest BCUT2D eigenvalue weighted by Gasteiger charge is 2.12. The third-order valence-electron chi connectivity index (χ3n) is 3.21. The molecule has 0 bridgehead atoms. The van der Waals surface area contributed by atoms with Crippen molar-refractivity contribution in [2.24, 2.45) is 0 Å². The molecular formula is C15H27N3. The molecule has 0 radical (unpaired) electrons. The summed E-state index contributed by atoms with van der Waals surface area (Å²) in [5.41, 5.74) is 1.17. The van der Waals surface area contributed by atoms with Gasteiger partial charge in [-0.05, 0) is 25.7 Å². The minimum Gasteiger partial charge on any atom is -0.370 e. The molecule has 0 aliphatic carbocycles. The molecule has 0 aliphatic heterocycles. The van der Waals surface area contributed by atoms with Gasteiger partial charge in [0.15, 0.2) is 0 Å². The van der Waals surface area contributed by atoms with E-state index in [2.05, 4.69) is 44.1 Å². The van der Waals surface area contributed by atoms with Gasteiger partial charge in [0.25, 0.3) is 0 Å². The average molecular weight is 249 g/mol. The van der Waals surface area contributed by atoms with Gasteiger partial charge in [-0.2, -0.15) is 0 Å². The van der Waals surface area contributed by atoms with E-state index in [9.17, 15) is 0 Å². The highest BCUT2D eigenvalue weighted by Crippen LogP contribution is 2.21. The summed E-state index contributed by atoms with van der Waals surface area (Å²) >= 11 is 0. The van der Waals surface area contributed by atoms with Crippen molar-refractivity contribution >= 4 is 5.82 Å². The highest BCUT2D eigenvalue weighted by molar-refractivity contribution is 5.36. The van der Waals surface area contributed by atoms with E-state index in [0.29, 0.717) is 5.92 Å². The Bertz CT molecular complexity index is 346. The largest absolute Gasteiger partial charge is 0.370 e. The van der Waals surface area contributed by atoms with Crippen LogP contribution in [-0.2, 0) is 6.42 Å². The molecule has 0 fully saturated rings. The van der Waals surface area contributed by atoms with Crippen molar-refractivity contribution in [2.45, 2.75) is 65.7 Å². The molecule has 0 saturated heterocycles. The van der Waals surface area contributed by atoms with Crippen molar-refractivity contribution < 1.29 is 0 Å². The molecule has 0 spiro atoms. The summed E-state index contributed by atoms with van der Waals surface area (Å²) in [5, 5.41) is 3.39. The number of hydrogen-bond acceptors (Lipinski definition) is 3. The predicted octanol–water partition coefficient (Wildman–Crippen LogP) is 4.15. The maximum atomic E-state index is 4.72. The van der Waals surface area contributed by atoms with E-state index in [1.54, 1.807) is 0 Å². The Labute approximate surface area is 111 Å². The summed E-state index contributed by atoms with van der Waals surface area (Å²) in [7, 11) is 0. The van der Waals surface area contributed by atoms with Gasteiger partial charge in [-0.1, -0.05) is 34.1 Å². The minimum atomic E-state index is 0.490. The Balaban J connectivity index is 2.96. The van der Waals surface area contributed by atoms with E-state index in [1.807, 2.05) is 0 Å².